The maximum atomic E-state index is 13.8. The minimum atomic E-state index is -4.46. The Morgan fingerprint density at radius 2 is 1.06 bits per heavy atom. The zero-order chi connectivity index (χ0) is 23.3. The van der Waals surface area contributed by atoms with Crippen molar-refractivity contribution in [3.63, 3.8) is 0 Å². The van der Waals surface area contributed by atoms with E-state index in [0.717, 1.165) is 0 Å². The van der Waals surface area contributed by atoms with Gasteiger partial charge in [0.2, 0.25) is 0 Å². The van der Waals surface area contributed by atoms with Gasteiger partial charge in [-0.3, -0.25) is 0 Å². The summed E-state index contributed by atoms with van der Waals surface area (Å²) in [4.78, 5) is 1.72. The van der Waals surface area contributed by atoms with Crippen LogP contribution in [-0.4, -0.2) is 8.42 Å². The third-order valence-electron chi connectivity index (χ3n) is 5.11. The monoisotopic (exact) mass is 484 g/mol. The standard InChI is InChI=1S/C26H22F2O3S2/c27-19-21-16-17-26(22(18-21)20-28)33(29,30)31-32(23-10-4-1-5-11-23,24-12-6-2-7-13-24)25-14-8-3-9-15-25/h1-18H,19-20H2. The molecule has 0 radical (unpaired) electrons. The second kappa shape index (κ2) is 9.87. The molecule has 0 heterocycles. The van der Waals surface area contributed by atoms with Crippen LogP contribution in [0.5, 0.6) is 0 Å². The molecule has 0 unspecified atom stereocenters. The first-order valence-corrected chi connectivity index (χ1v) is 13.2. The van der Waals surface area contributed by atoms with Gasteiger partial charge in [0.25, 0.3) is 0 Å². The maximum absolute atomic E-state index is 13.8. The number of hydrogen-bond donors (Lipinski definition) is 0. The van der Waals surface area contributed by atoms with Crippen LogP contribution in [0.3, 0.4) is 0 Å². The van der Waals surface area contributed by atoms with Crippen molar-refractivity contribution in [3.8, 4) is 0 Å². The highest BCUT2D eigenvalue weighted by Gasteiger charge is 2.38. The molecule has 4 aromatic carbocycles. The van der Waals surface area contributed by atoms with E-state index in [1.54, 1.807) is 0 Å². The molecule has 0 saturated carbocycles. The second-order valence-electron chi connectivity index (χ2n) is 7.23. The van der Waals surface area contributed by atoms with Gasteiger partial charge in [-0.25, -0.2) is 12.4 Å². The van der Waals surface area contributed by atoms with E-state index in [4.69, 9.17) is 3.63 Å². The molecule has 0 aliphatic carbocycles. The van der Waals surface area contributed by atoms with Gasteiger partial charge < -0.3 is 0 Å². The molecular weight excluding hydrogens is 462 g/mol. The van der Waals surface area contributed by atoms with Crippen molar-refractivity contribution in [3.05, 3.63) is 120 Å². The lowest BCUT2D eigenvalue weighted by molar-refractivity contribution is 0.464. The summed E-state index contributed by atoms with van der Waals surface area (Å²) in [6.45, 7) is -1.88. The van der Waals surface area contributed by atoms with E-state index >= 15 is 0 Å². The molecule has 7 heteroatoms. The fourth-order valence-electron chi connectivity index (χ4n) is 3.60. The fraction of sp³-hybridized carbons (Fsp3) is 0.0769. The van der Waals surface area contributed by atoms with E-state index < -0.39 is 33.8 Å². The number of hydrogen-bond acceptors (Lipinski definition) is 3. The molecular formula is C26H22F2O3S2. The molecule has 0 N–H and O–H groups in total. The summed E-state index contributed by atoms with van der Waals surface area (Å²) >= 11 is 0. The predicted octanol–water partition coefficient (Wildman–Crippen LogP) is 7.23. The van der Waals surface area contributed by atoms with Crippen molar-refractivity contribution >= 4 is 20.4 Å². The number of rotatable bonds is 8. The number of benzene rings is 4. The minimum Gasteiger partial charge on any atom is -0.246 e. The Morgan fingerprint density at radius 3 is 1.45 bits per heavy atom. The van der Waals surface area contributed by atoms with Gasteiger partial charge in [0.1, 0.15) is 18.2 Å². The third-order valence-corrected chi connectivity index (χ3v) is 10.4. The van der Waals surface area contributed by atoms with Crippen LogP contribution in [0.25, 0.3) is 0 Å². The number of alkyl halides is 2. The Kier molecular flexibility index (Phi) is 6.93. The van der Waals surface area contributed by atoms with Gasteiger partial charge in [-0.15, -0.1) is 0 Å². The zero-order valence-electron chi connectivity index (χ0n) is 17.6. The topological polar surface area (TPSA) is 43.4 Å². The Hall–Kier alpha value is -3.00. The van der Waals surface area contributed by atoms with Gasteiger partial charge >= 0.3 is 10.1 Å². The summed E-state index contributed by atoms with van der Waals surface area (Å²) in [7, 11) is -7.22. The summed E-state index contributed by atoms with van der Waals surface area (Å²) in [6, 6.07) is 31.2. The second-order valence-corrected chi connectivity index (χ2v) is 11.6. The lowest BCUT2D eigenvalue weighted by atomic mass is 10.1. The van der Waals surface area contributed by atoms with Gasteiger partial charge in [-0.1, -0.05) is 60.7 Å². The van der Waals surface area contributed by atoms with Gasteiger partial charge in [-0.2, -0.15) is 8.42 Å². The quantitative estimate of drug-likeness (QED) is 0.265. The molecule has 0 aliphatic rings. The highest BCUT2D eigenvalue weighted by Crippen LogP contribution is 2.70. The van der Waals surface area contributed by atoms with Crippen LogP contribution in [0, 0.1) is 0 Å². The molecule has 4 aromatic rings. The number of halogens is 2. The molecule has 0 atom stereocenters. The predicted molar refractivity (Wildman–Crippen MR) is 126 cm³/mol. The Balaban J connectivity index is 1.99. The summed E-state index contributed by atoms with van der Waals surface area (Å²) < 4.78 is 60.5. The smallest absolute Gasteiger partial charge is 0.246 e. The van der Waals surface area contributed by atoms with Gasteiger partial charge in [0.05, 0.1) is 0 Å². The molecule has 0 spiro atoms. The van der Waals surface area contributed by atoms with E-state index in [9.17, 15) is 17.2 Å². The first-order chi connectivity index (χ1) is 16.0. The van der Waals surface area contributed by atoms with Gasteiger partial charge in [0.15, 0.2) is 0 Å². The lowest BCUT2D eigenvalue weighted by Gasteiger charge is -2.39. The molecule has 0 aliphatic heterocycles. The molecule has 3 nitrogen and oxygen atoms in total. The van der Waals surface area contributed by atoms with Crippen LogP contribution in [0.15, 0.2) is 129 Å². The summed E-state index contributed by atoms with van der Waals surface area (Å²) in [6.07, 6.45) is 0. The van der Waals surface area contributed by atoms with Crippen LogP contribution in [-0.2, 0) is 27.1 Å². The van der Waals surface area contributed by atoms with E-state index in [2.05, 4.69) is 0 Å². The Morgan fingerprint density at radius 1 is 0.606 bits per heavy atom. The fourth-order valence-corrected chi connectivity index (χ4v) is 9.02. The van der Waals surface area contributed by atoms with Crippen LogP contribution >= 0.6 is 10.3 Å². The summed E-state index contributed by atoms with van der Waals surface area (Å²) in [5, 5.41) is 0. The molecule has 33 heavy (non-hydrogen) atoms. The maximum Gasteiger partial charge on any atom is 0.307 e. The highest BCUT2D eigenvalue weighted by atomic mass is 32.3. The van der Waals surface area contributed by atoms with E-state index in [1.807, 2.05) is 91.0 Å². The van der Waals surface area contributed by atoms with E-state index in [0.29, 0.717) is 14.7 Å². The van der Waals surface area contributed by atoms with E-state index in [-0.39, 0.29) is 16.0 Å². The first kappa shape index (κ1) is 23.2. The molecule has 0 fully saturated rings. The third kappa shape index (κ3) is 4.57. The Bertz CT molecular complexity index is 1220. The highest BCUT2D eigenvalue weighted by molar-refractivity contribution is 8.33. The van der Waals surface area contributed by atoms with Crippen molar-refractivity contribution in [2.24, 2.45) is 0 Å². The van der Waals surface area contributed by atoms with Crippen molar-refractivity contribution in [1.29, 1.82) is 0 Å². The normalized spacial score (nSPS) is 12.4. The Labute approximate surface area is 194 Å². The van der Waals surface area contributed by atoms with Crippen LogP contribution in [0.2, 0.25) is 0 Å². The minimum absolute atomic E-state index is 0.132. The molecule has 0 aromatic heterocycles. The molecule has 0 bridgehead atoms. The molecule has 170 valence electrons. The van der Waals surface area contributed by atoms with Crippen molar-refractivity contribution in [2.75, 3.05) is 0 Å². The van der Waals surface area contributed by atoms with Crippen molar-refractivity contribution < 1.29 is 20.8 Å². The summed E-state index contributed by atoms with van der Waals surface area (Å²) in [5.41, 5.74) is 0.0713. The molecule has 4 rings (SSSR count). The van der Waals surface area contributed by atoms with Crippen LogP contribution < -0.4 is 0 Å². The summed E-state index contributed by atoms with van der Waals surface area (Å²) in [5.74, 6) is 0. The zero-order valence-corrected chi connectivity index (χ0v) is 19.2. The van der Waals surface area contributed by atoms with Crippen molar-refractivity contribution in [1.82, 2.24) is 0 Å². The van der Waals surface area contributed by atoms with Crippen LogP contribution in [0.1, 0.15) is 11.1 Å². The van der Waals surface area contributed by atoms with Gasteiger partial charge in [-0.05, 0) is 64.4 Å². The average molecular weight is 485 g/mol. The largest absolute Gasteiger partial charge is 0.307 e. The average Bonchev–Trinajstić information content (AvgIpc) is 2.88. The van der Waals surface area contributed by atoms with Crippen LogP contribution in [0.4, 0.5) is 8.78 Å². The molecule has 0 amide bonds. The molecule has 0 saturated heterocycles. The SMILES string of the molecule is O=S(=O)(OS(c1ccccc1)(c1ccccc1)c1ccccc1)c1ccc(CF)cc1CF. The first-order valence-electron chi connectivity index (χ1n) is 10.2. The van der Waals surface area contributed by atoms with E-state index in [1.165, 1.54) is 18.2 Å². The van der Waals surface area contributed by atoms with Crippen molar-refractivity contribution in [2.45, 2.75) is 32.9 Å². The lowest BCUT2D eigenvalue weighted by Crippen LogP contribution is -2.15. The van der Waals surface area contributed by atoms with Gasteiger partial charge in [0, 0.05) is 20.2 Å².